The molecule has 1 saturated heterocycles. The summed E-state index contributed by atoms with van der Waals surface area (Å²) in [5.74, 6) is 0.296. The lowest BCUT2D eigenvalue weighted by atomic mass is 10.1. The van der Waals surface area contributed by atoms with E-state index < -0.39 is 0 Å². The van der Waals surface area contributed by atoms with Crippen LogP contribution in [-0.4, -0.2) is 30.1 Å². The van der Waals surface area contributed by atoms with Gasteiger partial charge in [-0.2, -0.15) is 5.26 Å². The second-order valence-electron chi connectivity index (χ2n) is 7.03. The lowest BCUT2D eigenvalue weighted by Crippen LogP contribution is -2.36. The number of likely N-dealkylation sites (tertiary alicyclic amines) is 1. The monoisotopic (exact) mass is 429 g/mol. The molecule has 5 nitrogen and oxygen atoms in total. The summed E-state index contributed by atoms with van der Waals surface area (Å²) in [7, 11) is 0. The summed E-state index contributed by atoms with van der Waals surface area (Å²) in [4.78, 5) is 14.4. The number of rotatable bonds is 5. The molecule has 2 unspecified atom stereocenters. The molecule has 1 aliphatic heterocycles. The Labute approximate surface area is 185 Å². The number of anilines is 1. The first-order valence-electron chi connectivity index (χ1n) is 10.1. The first kappa shape index (κ1) is 25.3. The fourth-order valence-corrected chi connectivity index (χ4v) is 3.08. The summed E-state index contributed by atoms with van der Waals surface area (Å²) in [6.07, 6.45) is 6.06. The number of allylic oxidation sites excluding steroid dienone is 3. The minimum absolute atomic E-state index is 0.0153. The third-order valence-corrected chi connectivity index (χ3v) is 5.18. The van der Waals surface area contributed by atoms with Crippen molar-refractivity contribution in [2.75, 3.05) is 18.4 Å². The Balaban J connectivity index is 0.00000218. The maximum atomic E-state index is 12.5. The largest absolute Gasteiger partial charge is 0.491 e. The predicted octanol–water partition coefficient (Wildman–Crippen LogP) is 6.39. The average molecular weight is 430 g/mol. The van der Waals surface area contributed by atoms with Gasteiger partial charge in [0.15, 0.2) is 0 Å². The topological polar surface area (TPSA) is 65.4 Å². The van der Waals surface area contributed by atoms with E-state index in [2.05, 4.69) is 24.5 Å². The molecule has 162 valence electrons. The van der Waals surface area contributed by atoms with E-state index >= 15 is 0 Å². The molecular weight excluding hydrogens is 398 g/mol. The van der Waals surface area contributed by atoms with Crippen LogP contribution in [0.1, 0.15) is 38.7 Å². The molecule has 2 rings (SSSR count). The molecule has 2 atom stereocenters. The summed E-state index contributed by atoms with van der Waals surface area (Å²) in [5, 5.41) is 12.4. The number of hydrogen-bond donors (Lipinski definition) is 1. The summed E-state index contributed by atoms with van der Waals surface area (Å²) in [6, 6.07) is 9.81. The fourth-order valence-electron chi connectivity index (χ4n) is 2.93. The van der Waals surface area contributed by atoms with E-state index in [1.165, 1.54) is 0 Å². The number of nitrogens with one attached hydrogen (secondary N) is 1. The molecule has 0 aliphatic carbocycles. The average Bonchev–Trinajstić information content (AvgIpc) is 3.01. The highest BCUT2D eigenvalue weighted by Gasteiger charge is 2.22. The van der Waals surface area contributed by atoms with Gasteiger partial charge in [-0.15, -0.1) is 13.2 Å². The number of ether oxygens (including phenoxy) is 1. The minimum Gasteiger partial charge on any atom is -0.491 e. The zero-order valence-electron chi connectivity index (χ0n) is 18.2. The molecule has 0 aromatic heterocycles. The second-order valence-corrected chi connectivity index (χ2v) is 7.46. The van der Waals surface area contributed by atoms with E-state index in [0.29, 0.717) is 23.9 Å². The Morgan fingerprint density at radius 1 is 1.33 bits per heavy atom. The van der Waals surface area contributed by atoms with Crippen molar-refractivity contribution in [1.29, 1.82) is 5.26 Å². The summed E-state index contributed by atoms with van der Waals surface area (Å²) in [6.45, 7) is 13.0. The molecule has 30 heavy (non-hydrogen) atoms. The van der Waals surface area contributed by atoms with Crippen LogP contribution >= 0.6 is 11.6 Å². The predicted molar refractivity (Wildman–Crippen MR) is 124 cm³/mol. The first-order valence-corrected chi connectivity index (χ1v) is 10.5. The van der Waals surface area contributed by atoms with Gasteiger partial charge in [-0.1, -0.05) is 29.3 Å². The number of carbonyl (C=O) groups is 1. The number of aryl methyl sites for hydroxylation is 1. The van der Waals surface area contributed by atoms with Gasteiger partial charge in [0.1, 0.15) is 11.9 Å². The quantitative estimate of drug-likeness (QED) is 0.335. The van der Waals surface area contributed by atoms with Gasteiger partial charge in [-0.25, -0.2) is 4.79 Å². The highest BCUT2D eigenvalue weighted by Crippen LogP contribution is 2.22. The van der Waals surface area contributed by atoms with Crippen LogP contribution in [0.2, 0.25) is 0 Å². The van der Waals surface area contributed by atoms with Crippen molar-refractivity contribution in [1.82, 2.24) is 4.90 Å². The Kier molecular flexibility index (Phi) is 11.4. The van der Waals surface area contributed by atoms with Crippen molar-refractivity contribution in [2.24, 2.45) is 5.92 Å². The third kappa shape index (κ3) is 8.34. The van der Waals surface area contributed by atoms with E-state index in [4.69, 9.17) is 21.6 Å². The van der Waals surface area contributed by atoms with Gasteiger partial charge < -0.3 is 15.0 Å². The van der Waals surface area contributed by atoms with E-state index in [-0.39, 0.29) is 18.1 Å². The first-order chi connectivity index (χ1) is 14.4. The number of amides is 2. The number of halogens is 1. The van der Waals surface area contributed by atoms with Crippen molar-refractivity contribution in [3.05, 3.63) is 65.9 Å². The molecule has 1 heterocycles. The lowest BCUT2D eigenvalue weighted by molar-refractivity contribution is 0.111. The van der Waals surface area contributed by atoms with E-state index in [9.17, 15) is 4.79 Å². The normalized spacial score (nSPS) is 18.2. The van der Waals surface area contributed by atoms with Crippen LogP contribution in [-0.2, 0) is 4.74 Å². The zero-order chi connectivity index (χ0) is 22.5. The van der Waals surface area contributed by atoms with Crippen LogP contribution < -0.4 is 5.32 Å². The van der Waals surface area contributed by atoms with Gasteiger partial charge in [0, 0.05) is 30.2 Å². The third-order valence-electron chi connectivity index (χ3n) is 4.74. The van der Waals surface area contributed by atoms with Crippen molar-refractivity contribution >= 4 is 23.3 Å². The highest BCUT2D eigenvalue weighted by molar-refractivity contribution is 6.30. The fraction of sp³-hybridized carbons (Fsp3) is 0.417. The summed E-state index contributed by atoms with van der Waals surface area (Å²) in [5.41, 5.74) is 1.96. The van der Waals surface area contributed by atoms with E-state index in [1.807, 2.05) is 49.1 Å². The molecule has 0 radical (unpaired) electrons. The van der Waals surface area contributed by atoms with Crippen LogP contribution in [0.5, 0.6) is 0 Å². The molecule has 0 spiro atoms. The van der Waals surface area contributed by atoms with Crippen LogP contribution in [0, 0.1) is 24.2 Å². The summed E-state index contributed by atoms with van der Waals surface area (Å²) >= 11 is 6.16. The van der Waals surface area contributed by atoms with Crippen molar-refractivity contribution < 1.29 is 9.53 Å². The van der Waals surface area contributed by atoms with Crippen LogP contribution in [0.4, 0.5) is 10.5 Å². The zero-order valence-corrected chi connectivity index (χ0v) is 18.9. The Morgan fingerprint density at radius 3 is 2.60 bits per heavy atom. The molecule has 0 bridgehead atoms. The molecule has 2 amide bonds. The molecule has 1 N–H and O–H groups in total. The van der Waals surface area contributed by atoms with Crippen LogP contribution in [0.25, 0.3) is 0 Å². The number of nitriles is 1. The van der Waals surface area contributed by atoms with Crippen LogP contribution in [0.15, 0.2) is 60.4 Å². The van der Waals surface area contributed by atoms with Gasteiger partial charge in [-0.05, 0) is 57.9 Å². The molecule has 1 aromatic rings. The van der Waals surface area contributed by atoms with Gasteiger partial charge in [0.25, 0.3) is 0 Å². The maximum Gasteiger partial charge on any atom is 0.321 e. The standard InChI is InChI=1S/C22H28ClN3O2.C2H4/c1-4-19(14-21(23)17(3)15-24)28-20-6-5-12-26(13-11-20)22(27)25-18-9-7-16(2)8-10-18;1-2/h4,7-10,14,17,20H,5-6,11-13H2,1-3H3,(H,25,27);1-2H2/b19-4+,21-14+;. The van der Waals surface area contributed by atoms with Crippen molar-refractivity contribution in [2.45, 2.75) is 46.1 Å². The van der Waals surface area contributed by atoms with E-state index in [1.54, 1.807) is 13.0 Å². The molecule has 1 aromatic carbocycles. The smallest absolute Gasteiger partial charge is 0.321 e. The lowest BCUT2D eigenvalue weighted by Gasteiger charge is -2.21. The number of benzene rings is 1. The molecular formula is C24H32ClN3O2. The maximum absolute atomic E-state index is 12.5. The van der Waals surface area contributed by atoms with Gasteiger partial charge in [0.05, 0.1) is 12.0 Å². The number of hydrogen-bond acceptors (Lipinski definition) is 3. The molecule has 0 saturated carbocycles. The summed E-state index contributed by atoms with van der Waals surface area (Å²) < 4.78 is 6.08. The highest BCUT2D eigenvalue weighted by atomic mass is 35.5. The van der Waals surface area contributed by atoms with Crippen LogP contribution in [0.3, 0.4) is 0 Å². The number of carbonyl (C=O) groups excluding carboxylic acids is 1. The SMILES string of the molecule is C/C=C(\C=C(\Cl)C(C)C#N)OC1CCCN(C(=O)Nc2ccc(C)cc2)CC1.C=C. The number of urea groups is 1. The minimum atomic E-state index is -0.365. The van der Waals surface area contributed by atoms with Gasteiger partial charge in [0.2, 0.25) is 0 Å². The molecule has 1 fully saturated rings. The van der Waals surface area contributed by atoms with E-state index in [0.717, 1.165) is 30.5 Å². The van der Waals surface area contributed by atoms with Gasteiger partial charge >= 0.3 is 6.03 Å². The Bertz CT molecular complexity index is 781. The molecule has 1 aliphatic rings. The second kappa shape index (κ2) is 13.5. The van der Waals surface area contributed by atoms with Crippen molar-refractivity contribution in [3.63, 3.8) is 0 Å². The Morgan fingerprint density at radius 2 is 2.00 bits per heavy atom. The Hall–Kier alpha value is -2.71. The van der Waals surface area contributed by atoms with Gasteiger partial charge in [-0.3, -0.25) is 0 Å². The molecule has 6 heteroatoms. The number of nitrogens with zero attached hydrogens (tertiary/aromatic N) is 2. The van der Waals surface area contributed by atoms with Crippen molar-refractivity contribution in [3.8, 4) is 6.07 Å².